The van der Waals surface area contributed by atoms with Crippen LogP contribution in [0.25, 0.3) is 22.2 Å². The number of amides is 1. The van der Waals surface area contributed by atoms with Gasteiger partial charge in [0.25, 0.3) is 0 Å². The zero-order valence-electron chi connectivity index (χ0n) is 18.2. The van der Waals surface area contributed by atoms with Crippen LogP contribution in [0.2, 0.25) is 0 Å². The molecule has 2 atom stereocenters. The molecular weight excluding hydrogens is 404 g/mol. The summed E-state index contributed by atoms with van der Waals surface area (Å²) >= 11 is 0. The van der Waals surface area contributed by atoms with Crippen molar-refractivity contribution in [2.24, 2.45) is 11.8 Å². The lowest BCUT2D eigenvalue weighted by molar-refractivity contribution is -0.127. The lowest BCUT2D eigenvalue weighted by Gasteiger charge is -2.23. The van der Waals surface area contributed by atoms with E-state index in [0.29, 0.717) is 19.1 Å². The number of aromatic nitrogens is 1. The third kappa shape index (κ3) is 3.96. The van der Waals surface area contributed by atoms with Gasteiger partial charge in [-0.1, -0.05) is 0 Å². The van der Waals surface area contributed by atoms with E-state index >= 15 is 0 Å². The van der Waals surface area contributed by atoms with Crippen LogP contribution in [-0.2, 0) is 4.79 Å². The Balaban J connectivity index is 1.50. The van der Waals surface area contributed by atoms with Crippen molar-refractivity contribution >= 4 is 22.5 Å². The van der Waals surface area contributed by atoms with E-state index in [9.17, 15) is 9.90 Å². The molecule has 1 amide bonds. The fourth-order valence-electron chi connectivity index (χ4n) is 4.77. The Hall–Kier alpha value is -3.32. The minimum Gasteiger partial charge on any atom is -0.508 e. The van der Waals surface area contributed by atoms with Crippen LogP contribution in [0.4, 0.5) is 5.69 Å². The number of benzene rings is 2. The van der Waals surface area contributed by atoms with E-state index in [2.05, 4.69) is 21.6 Å². The zero-order valence-corrected chi connectivity index (χ0v) is 18.2. The van der Waals surface area contributed by atoms with E-state index in [-0.39, 0.29) is 17.6 Å². The molecule has 32 heavy (non-hydrogen) atoms. The van der Waals surface area contributed by atoms with E-state index in [1.54, 1.807) is 12.1 Å². The van der Waals surface area contributed by atoms with Crippen LogP contribution in [0, 0.1) is 11.8 Å². The van der Waals surface area contributed by atoms with Crippen LogP contribution in [0.3, 0.4) is 0 Å². The molecule has 3 heterocycles. The average molecular weight is 433 g/mol. The summed E-state index contributed by atoms with van der Waals surface area (Å²) in [5.74, 6) is 1.57. The van der Waals surface area contributed by atoms with Crippen LogP contribution in [-0.4, -0.2) is 55.8 Å². The van der Waals surface area contributed by atoms with E-state index in [1.165, 1.54) is 0 Å². The number of carbonyl (C=O) groups excluding carboxylic acids is 1. The summed E-state index contributed by atoms with van der Waals surface area (Å²) in [6.45, 7) is 3.71. The Morgan fingerprint density at radius 2 is 2.03 bits per heavy atom. The first-order chi connectivity index (χ1) is 15.6. The largest absolute Gasteiger partial charge is 0.508 e. The molecule has 2 unspecified atom stereocenters. The molecule has 166 valence electrons. The molecule has 1 aromatic heterocycles. The monoisotopic (exact) mass is 432 g/mol. The van der Waals surface area contributed by atoms with Gasteiger partial charge in [-0.25, -0.2) is 4.98 Å². The summed E-state index contributed by atoms with van der Waals surface area (Å²) in [4.78, 5) is 19.5. The van der Waals surface area contributed by atoms with E-state index in [0.717, 1.165) is 59.7 Å². The Labute approximate surface area is 187 Å². The number of phenolic OH excluding ortho intramolecular Hbond substituents is 1. The zero-order chi connectivity index (χ0) is 22.1. The smallest absolute Gasteiger partial charge is 0.225 e. The standard InChI is InChI=1S/C25H28N4O3/c1-26-10-11-32-19-5-2-16(3-6-19)22-13-24(20-7-4-18(30)12-23(20)28-22)29-14-17-8-9-27-25(31)21(17)15-29/h2-7,12-13,17,21,26,30H,8-11,14-15H2,1H3,(H,27,31). The average Bonchev–Trinajstić information content (AvgIpc) is 3.24. The highest BCUT2D eigenvalue weighted by Gasteiger charge is 2.40. The number of nitrogens with zero attached hydrogens (tertiary/aromatic N) is 2. The minimum absolute atomic E-state index is 0.0292. The number of phenols is 1. The maximum atomic E-state index is 12.4. The number of nitrogens with one attached hydrogen (secondary N) is 2. The van der Waals surface area contributed by atoms with Crippen molar-refractivity contribution in [1.82, 2.24) is 15.6 Å². The van der Waals surface area contributed by atoms with Crippen molar-refractivity contribution in [2.75, 3.05) is 44.7 Å². The van der Waals surface area contributed by atoms with Gasteiger partial charge in [-0.05, 0) is 61.9 Å². The molecule has 2 aliphatic rings. The highest BCUT2D eigenvalue weighted by atomic mass is 16.5. The van der Waals surface area contributed by atoms with Crippen molar-refractivity contribution in [2.45, 2.75) is 6.42 Å². The quantitative estimate of drug-likeness (QED) is 0.520. The van der Waals surface area contributed by atoms with Crippen LogP contribution >= 0.6 is 0 Å². The molecule has 3 aromatic rings. The lowest BCUT2D eigenvalue weighted by atomic mass is 9.89. The van der Waals surface area contributed by atoms with Gasteiger partial charge in [0, 0.05) is 48.9 Å². The number of piperidine rings is 1. The van der Waals surface area contributed by atoms with Gasteiger partial charge in [-0.2, -0.15) is 0 Å². The van der Waals surface area contributed by atoms with Crippen molar-refractivity contribution in [3.05, 3.63) is 48.5 Å². The van der Waals surface area contributed by atoms with Gasteiger partial charge in [0.2, 0.25) is 5.91 Å². The van der Waals surface area contributed by atoms with Crippen molar-refractivity contribution in [3.63, 3.8) is 0 Å². The normalized spacial score (nSPS) is 20.3. The van der Waals surface area contributed by atoms with Crippen LogP contribution in [0.15, 0.2) is 48.5 Å². The predicted octanol–water partition coefficient (Wildman–Crippen LogP) is 2.78. The molecule has 3 N–H and O–H groups in total. The minimum atomic E-state index is 0.0292. The molecule has 2 fully saturated rings. The third-order valence-corrected chi connectivity index (χ3v) is 6.48. The summed E-state index contributed by atoms with van der Waals surface area (Å²) in [6, 6.07) is 15.3. The number of aromatic hydroxyl groups is 1. The van der Waals surface area contributed by atoms with Gasteiger partial charge in [-0.3, -0.25) is 4.79 Å². The van der Waals surface area contributed by atoms with Crippen molar-refractivity contribution in [3.8, 4) is 22.8 Å². The lowest BCUT2D eigenvalue weighted by Crippen LogP contribution is -2.41. The first-order valence-electron chi connectivity index (χ1n) is 11.2. The molecule has 0 spiro atoms. The van der Waals surface area contributed by atoms with Crippen LogP contribution < -0.4 is 20.3 Å². The number of carbonyl (C=O) groups is 1. The Morgan fingerprint density at radius 1 is 1.19 bits per heavy atom. The van der Waals surface area contributed by atoms with Crippen molar-refractivity contribution in [1.29, 1.82) is 0 Å². The second-order valence-electron chi connectivity index (χ2n) is 8.56. The fraction of sp³-hybridized carbons (Fsp3) is 0.360. The molecule has 0 saturated carbocycles. The SMILES string of the molecule is CNCCOc1ccc(-c2cc(N3CC4CCNC(=O)C4C3)c3ccc(O)cc3n2)cc1. The number of ether oxygens (including phenoxy) is 1. The van der Waals surface area contributed by atoms with Gasteiger partial charge in [0.1, 0.15) is 18.1 Å². The molecule has 2 aliphatic heterocycles. The second kappa shape index (κ2) is 8.67. The number of pyridine rings is 1. The first kappa shape index (κ1) is 20.6. The molecule has 0 radical (unpaired) electrons. The number of fused-ring (bicyclic) bond motifs is 2. The van der Waals surface area contributed by atoms with Gasteiger partial charge in [0.05, 0.1) is 17.1 Å². The summed E-state index contributed by atoms with van der Waals surface area (Å²) < 4.78 is 5.73. The van der Waals surface area contributed by atoms with Crippen molar-refractivity contribution < 1.29 is 14.6 Å². The van der Waals surface area contributed by atoms with E-state index < -0.39 is 0 Å². The second-order valence-corrected chi connectivity index (χ2v) is 8.56. The molecule has 2 aromatic carbocycles. The Bertz CT molecular complexity index is 1130. The summed E-state index contributed by atoms with van der Waals surface area (Å²) in [7, 11) is 1.90. The summed E-state index contributed by atoms with van der Waals surface area (Å²) in [6.07, 6.45) is 1.01. The number of likely N-dealkylation sites (N-methyl/N-ethyl adjacent to an activating group) is 1. The highest BCUT2D eigenvalue weighted by molar-refractivity contribution is 5.95. The van der Waals surface area contributed by atoms with Crippen LogP contribution in [0.5, 0.6) is 11.5 Å². The molecule has 7 heteroatoms. The fourth-order valence-corrected chi connectivity index (χ4v) is 4.77. The molecular formula is C25H28N4O3. The topological polar surface area (TPSA) is 86.7 Å². The highest BCUT2D eigenvalue weighted by Crippen LogP contribution is 2.38. The Kier molecular flexibility index (Phi) is 5.57. The Morgan fingerprint density at radius 3 is 2.81 bits per heavy atom. The molecule has 0 bridgehead atoms. The first-order valence-corrected chi connectivity index (χ1v) is 11.2. The number of rotatable bonds is 6. The molecule has 5 rings (SSSR count). The predicted molar refractivity (Wildman–Crippen MR) is 125 cm³/mol. The molecule has 0 aliphatic carbocycles. The molecule has 7 nitrogen and oxygen atoms in total. The van der Waals surface area contributed by atoms with Gasteiger partial charge >= 0.3 is 0 Å². The third-order valence-electron chi connectivity index (χ3n) is 6.48. The number of hydrogen-bond acceptors (Lipinski definition) is 6. The number of hydrogen-bond donors (Lipinski definition) is 3. The van der Waals surface area contributed by atoms with E-state index in [4.69, 9.17) is 9.72 Å². The van der Waals surface area contributed by atoms with Crippen LogP contribution in [0.1, 0.15) is 6.42 Å². The van der Waals surface area contributed by atoms with Gasteiger partial charge in [-0.15, -0.1) is 0 Å². The maximum Gasteiger partial charge on any atom is 0.225 e. The number of anilines is 1. The van der Waals surface area contributed by atoms with Gasteiger partial charge in [0.15, 0.2) is 0 Å². The summed E-state index contributed by atoms with van der Waals surface area (Å²) in [5, 5.41) is 17.1. The van der Waals surface area contributed by atoms with Gasteiger partial charge < -0.3 is 25.4 Å². The van der Waals surface area contributed by atoms with E-state index in [1.807, 2.05) is 37.4 Å². The summed E-state index contributed by atoms with van der Waals surface area (Å²) in [5.41, 5.74) is 3.61. The maximum absolute atomic E-state index is 12.4. The molecule has 2 saturated heterocycles.